The van der Waals surface area contributed by atoms with E-state index in [-0.39, 0.29) is 60.4 Å². The summed E-state index contributed by atoms with van der Waals surface area (Å²) in [5.74, 6) is 0.535. The van der Waals surface area contributed by atoms with Crippen molar-refractivity contribution in [2.24, 2.45) is 45.8 Å². The van der Waals surface area contributed by atoms with E-state index in [0.29, 0.717) is 49.9 Å². The Hall–Kier alpha value is -1.83. The van der Waals surface area contributed by atoms with Crippen LogP contribution in [-0.4, -0.2) is 104 Å². The minimum absolute atomic E-state index is 0.00829. The number of aliphatic hydroxyl groups excluding tert-OH is 6. The summed E-state index contributed by atoms with van der Waals surface area (Å²) in [4.78, 5) is 35.7. The Morgan fingerprint density at radius 3 is 1.60 bits per heavy atom. The lowest BCUT2D eigenvalue weighted by Crippen LogP contribution is -2.58. The topological polar surface area (TPSA) is 200 Å². The summed E-state index contributed by atoms with van der Waals surface area (Å²) in [5, 5.41) is 58.0. The zero-order valence-electron chi connectivity index (χ0n) is 31.1. The summed E-state index contributed by atoms with van der Waals surface area (Å²) < 4.78 is 16.3. The van der Waals surface area contributed by atoms with Crippen LogP contribution in [0.5, 0.6) is 0 Å². The molecule has 3 heterocycles. The van der Waals surface area contributed by atoms with Crippen molar-refractivity contribution in [3.8, 4) is 0 Å². The van der Waals surface area contributed by atoms with Gasteiger partial charge in [0.15, 0.2) is 0 Å². The Bertz CT molecular complexity index is 1190. The molecule has 16 atom stereocenters. The molecule has 16 unspecified atom stereocenters. The summed E-state index contributed by atoms with van der Waals surface area (Å²) in [5.41, 5.74) is -1.36. The van der Waals surface area contributed by atoms with Crippen molar-refractivity contribution in [3.05, 3.63) is 0 Å². The Labute approximate surface area is 297 Å². The van der Waals surface area contributed by atoms with Gasteiger partial charge in [-0.05, 0) is 96.3 Å². The Morgan fingerprint density at radius 2 is 1.08 bits per heavy atom. The van der Waals surface area contributed by atoms with Crippen LogP contribution >= 0.6 is 0 Å². The fourth-order valence-corrected chi connectivity index (χ4v) is 9.00. The van der Waals surface area contributed by atoms with Crippen LogP contribution in [0.1, 0.15) is 119 Å². The Morgan fingerprint density at radius 1 is 0.600 bits per heavy atom. The van der Waals surface area contributed by atoms with Crippen molar-refractivity contribution < 1.29 is 59.2 Å². The molecule has 3 saturated heterocycles. The maximum Gasteiger partial charge on any atom is 0.312 e. The maximum atomic E-state index is 12.0. The van der Waals surface area contributed by atoms with Crippen LogP contribution in [0.4, 0.5) is 0 Å². The number of ether oxygens (including phenoxy) is 3. The average Bonchev–Trinajstić information content (AvgIpc) is 3.07. The molecule has 0 aromatic heterocycles. The molecule has 12 heteroatoms. The highest BCUT2D eigenvalue weighted by molar-refractivity contribution is 5.78. The molecule has 6 aliphatic rings. The molecule has 0 amide bonds. The lowest BCUT2D eigenvalue weighted by Gasteiger charge is -2.47. The predicted molar refractivity (Wildman–Crippen MR) is 182 cm³/mol. The van der Waals surface area contributed by atoms with E-state index in [1.165, 1.54) is 0 Å². The second-order valence-corrected chi connectivity index (χ2v) is 17.1. The molecule has 6 rings (SSSR count). The summed E-state index contributed by atoms with van der Waals surface area (Å²) in [7, 11) is 0. The SMILES string of the molecule is CCC1(C)CC2C(CC(O)C(O)C2O)OC1=O.CCC1(C)CC2C(O)CC(O)CC2OC1=O.CCC1(C)CC2CC(CO)C(C)CC2OC1=O. The minimum atomic E-state index is -1.14. The molecule has 3 aliphatic carbocycles. The number of carbonyl (C=O) groups is 3. The van der Waals surface area contributed by atoms with Gasteiger partial charge in [-0.1, -0.05) is 27.7 Å². The molecule has 0 aromatic carbocycles. The number of rotatable bonds is 4. The number of esters is 3. The van der Waals surface area contributed by atoms with Gasteiger partial charge in [0.2, 0.25) is 0 Å². The van der Waals surface area contributed by atoms with Crippen molar-refractivity contribution in [3.63, 3.8) is 0 Å². The van der Waals surface area contributed by atoms with Gasteiger partial charge in [-0.3, -0.25) is 14.4 Å². The first kappa shape index (κ1) is 40.9. The van der Waals surface area contributed by atoms with Crippen LogP contribution in [0, 0.1) is 45.8 Å². The van der Waals surface area contributed by atoms with E-state index in [1.807, 2.05) is 34.6 Å². The highest BCUT2D eigenvalue weighted by Crippen LogP contribution is 2.48. The van der Waals surface area contributed by atoms with Gasteiger partial charge in [0.1, 0.15) is 24.4 Å². The molecule has 288 valence electrons. The summed E-state index contributed by atoms with van der Waals surface area (Å²) >= 11 is 0. The quantitative estimate of drug-likeness (QED) is 0.184. The minimum Gasteiger partial charge on any atom is -0.462 e. The standard InChI is InChI=1S/C14H24O3.C12H20O5.C12H20O4/c1-4-14(3)7-10-6-11(8-15)9(2)5-12(10)17-13(14)16;1-3-12(2)5-6-8(17-11(12)16)4-7(13)10(15)9(6)14;1-3-12(2)6-8-9(14)4-7(13)5-10(8)16-11(12)15/h9-12,15H,4-8H2,1-3H3;6-10,13-15H,3-5H2,1-2H3;7-10,13-14H,3-6H2,1-2H3. The molecule has 0 radical (unpaired) electrons. The molecule has 50 heavy (non-hydrogen) atoms. The molecule has 12 nitrogen and oxygen atoms in total. The van der Waals surface area contributed by atoms with Gasteiger partial charge in [0, 0.05) is 31.3 Å². The number of fused-ring (bicyclic) bond motifs is 3. The smallest absolute Gasteiger partial charge is 0.312 e. The monoisotopic (exact) mass is 712 g/mol. The zero-order valence-corrected chi connectivity index (χ0v) is 31.1. The van der Waals surface area contributed by atoms with Gasteiger partial charge in [0.25, 0.3) is 0 Å². The third-order valence-corrected chi connectivity index (χ3v) is 13.6. The predicted octanol–water partition coefficient (Wildman–Crippen LogP) is 3.04. The summed E-state index contributed by atoms with van der Waals surface area (Å²) in [6.45, 7) is 14.1. The van der Waals surface area contributed by atoms with Crippen LogP contribution in [-0.2, 0) is 28.6 Å². The zero-order chi connectivity index (χ0) is 37.3. The van der Waals surface area contributed by atoms with Gasteiger partial charge in [-0.2, -0.15) is 0 Å². The van der Waals surface area contributed by atoms with E-state index < -0.39 is 47.5 Å². The molecule has 6 fully saturated rings. The van der Waals surface area contributed by atoms with Crippen LogP contribution in [0.15, 0.2) is 0 Å². The number of hydrogen-bond donors (Lipinski definition) is 6. The normalized spacial score (nSPS) is 48.4. The van der Waals surface area contributed by atoms with Gasteiger partial charge in [0.05, 0.1) is 40.7 Å². The van der Waals surface area contributed by atoms with Gasteiger partial charge < -0.3 is 44.8 Å². The largest absolute Gasteiger partial charge is 0.462 e. The summed E-state index contributed by atoms with van der Waals surface area (Å²) in [6, 6.07) is 0. The van der Waals surface area contributed by atoms with E-state index in [9.17, 15) is 45.0 Å². The van der Waals surface area contributed by atoms with E-state index in [4.69, 9.17) is 14.2 Å². The fraction of sp³-hybridized carbons (Fsp3) is 0.921. The van der Waals surface area contributed by atoms with Crippen LogP contribution in [0.3, 0.4) is 0 Å². The van der Waals surface area contributed by atoms with Crippen molar-refractivity contribution in [1.29, 1.82) is 0 Å². The van der Waals surface area contributed by atoms with Crippen molar-refractivity contribution in [2.45, 2.75) is 168 Å². The van der Waals surface area contributed by atoms with E-state index in [0.717, 1.165) is 32.1 Å². The maximum absolute atomic E-state index is 12.0. The lowest BCUT2D eigenvalue weighted by atomic mass is 9.65. The average molecular weight is 713 g/mol. The first-order valence-corrected chi connectivity index (χ1v) is 19.0. The third-order valence-electron chi connectivity index (χ3n) is 13.6. The van der Waals surface area contributed by atoms with Gasteiger partial charge in [-0.25, -0.2) is 0 Å². The first-order chi connectivity index (χ1) is 23.3. The first-order valence-electron chi connectivity index (χ1n) is 19.0. The molecular formula is C38H64O12. The molecular weight excluding hydrogens is 648 g/mol. The van der Waals surface area contributed by atoms with Crippen LogP contribution in [0.25, 0.3) is 0 Å². The third kappa shape index (κ3) is 8.36. The van der Waals surface area contributed by atoms with Gasteiger partial charge >= 0.3 is 17.9 Å². The van der Waals surface area contributed by atoms with Crippen LogP contribution in [0.2, 0.25) is 0 Å². The van der Waals surface area contributed by atoms with Crippen LogP contribution < -0.4 is 0 Å². The number of hydrogen-bond acceptors (Lipinski definition) is 12. The number of carbonyl (C=O) groups excluding carboxylic acids is 3. The fourth-order valence-electron chi connectivity index (χ4n) is 9.00. The highest BCUT2D eigenvalue weighted by atomic mass is 16.6. The Kier molecular flexibility index (Phi) is 13.1. The van der Waals surface area contributed by atoms with Crippen molar-refractivity contribution in [2.75, 3.05) is 6.61 Å². The second kappa shape index (κ2) is 16.0. The molecule has 0 spiro atoms. The van der Waals surface area contributed by atoms with E-state index in [1.54, 1.807) is 0 Å². The molecule has 0 bridgehead atoms. The van der Waals surface area contributed by atoms with E-state index >= 15 is 0 Å². The van der Waals surface area contributed by atoms with E-state index in [2.05, 4.69) is 13.8 Å². The van der Waals surface area contributed by atoms with Crippen molar-refractivity contribution >= 4 is 17.9 Å². The Balaban J connectivity index is 0.000000169. The molecule has 6 N–H and O–H groups in total. The van der Waals surface area contributed by atoms with Gasteiger partial charge in [-0.15, -0.1) is 0 Å². The highest BCUT2D eigenvalue weighted by Gasteiger charge is 2.53. The lowest BCUT2D eigenvalue weighted by molar-refractivity contribution is -0.209. The summed E-state index contributed by atoms with van der Waals surface area (Å²) in [6.07, 6.45) is 2.33. The number of aliphatic hydroxyl groups is 6. The molecule has 0 aromatic rings. The second-order valence-electron chi connectivity index (χ2n) is 17.1. The molecule has 3 aliphatic heterocycles. The molecule has 3 saturated carbocycles. The van der Waals surface area contributed by atoms with Crippen molar-refractivity contribution in [1.82, 2.24) is 0 Å².